The van der Waals surface area contributed by atoms with E-state index < -0.39 is 5.79 Å². The van der Waals surface area contributed by atoms with Crippen LogP contribution in [-0.2, 0) is 14.2 Å². The summed E-state index contributed by atoms with van der Waals surface area (Å²) < 4.78 is 17.1. The number of nitrogens with zero attached hydrogens (tertiary/aromatic N) is 1. The highest BCUT2D eigenvalue weighted by molar-refractivity contribution is 7.80. The largest absolute Gasteiger partial charge is 0.479 e. The van der Waals surface area contributed by atoms with Gasteiger partial charge in [0, 0.05) is 25.1 Å². The second-order valence-corrected chi connectivity index (χ2v) is 6.67. The smallest absolute Gasteiger partial charge is 0.163 e. The molecule has 116 valence electrons. The number of rotatable bonds is 4. The zero-order valence-corrected chi connectivity index (χ0v) is 14.4. The predicted octanol–water partition coefficient (Wildman–Crippen LogP) is 4.34. The fourth-order valence-electron chi connectivity index (χ4n) is 2.18. The van der Waals surface area contributed by atoms with Crippen LogP contribution in [0.15, 0.2) is 12.3 Å². The predicted molar refractivity (Wildman–Crippen MR) is 85.9 cm³/mol. The molecule has 1 aromatic rings. The summed E-state index contributed by atoms with van der Waals surface area (Å²) in [5.74, 6) is -0.572. The van der Waals surface area contributed by atoms with Gasteiger partial charge >= 0.3 is 0 Å². The van der Waals surface area contributed by atoms with E-state index in [1.165, 1.54) is 0 Å². The van der Waals surface area contributed by atoms with E-state index in [9.17, 15) is 0 Å². The third-order valence-electron chi connectivity index (χ3n) is 3.04. The molecule has 7 heteroatoms. The summed E-state index contributed by atoms with van der Waals surface area (Å²) >= 11 is 16.9. The summed E-state index contributed by atoms with van der Waals surface area (Å²) in [6.07, 6.45) is 1.86. The van der Waals surface area contributed by atoms with Crippen molar-refractivity contribution in [3.05, 3.63) is 28.0 Å². The maximum Gasteiger partial charge on any atom is 0.163 e. The number of hydrogen-bond acceptors (Lipinski definition) is 5. The Morgan fingerprint density at radius 1 is 1.57 bits per heavy atom. The topological polar surface area (TPSA) is 40.6 Å². The van der Waals surface area contributed by atoms with Gasteiger partial charge in [0.2, 0.25) is 0 Å². The summed E-state index contributed by atoms with van der Waals surface area (Å²) in [6.45, 7) is 6.00. The molecule has 1 aliphatic rings. The molecular weight excluding hydrogens is 333 g/mol. The molecule has 0 amide bonds. The van der Waals surface area contributed by atoms with E-state index in [0.29, 0.717) is 23.1 Å². The normalized spacial score (nSPS) is 22.0. The molecule has 0 saturated carbocycles. The molecule has 2 heterocycles. The van der Waals surface area contributed by atoms with Crippen LogP contribution < -0.4 is 0 Å². The van der Waals surface area contributed by atoms with Gasteiger partial charge in [-0.3, -0.25) is 0 Å². The first-order valence-electron chi connectivity index (χ1n) is 6.57. The van der Waals surface area contributed by atoms with Crippen molar-refractivity contribution in [1.29, 1.82) is 0 Å². The van der Waals surface area contributed by atoms with Crippen LogP contribution in [0.4, 0.5) is 0 Å². The van der Waals surface area contributed by atoms with Crippen molar-refractivity contribution in [2.45, 2.75) is 45.2 Å². The molecule has 0 aliphatic carbocycles. The van der Waals surface area contributed by atoms with Gasteiger partial charge in [-0.15, -0.1) is 0 Å². The molecule has 21 heavy (non-hydrogen) atoms. The number of pyridine rings is 1. The van der Waals surface area contributed by atoms with Crippen LogP contribution in [0.1, 0.15) is 38.9 Å². The first-order valence-corrected chi connectivity index (χ1v) is 7.73. The molecule has 0 bridgehead atoms. The number of ether oxygens (including phenoxy) is 3. The first-order chi connectivity index (χ1) is 9.77. The van der Waals surface area contributed by atoms with Crippen molar-refractivity contribution in [3.8, 4) is 0 Å². The SMILES string of the molecule is CC(=S)OC(C[C@H]1COC(C)(C)O1)c1cnc(Cl)c(Cl)c1. The van der Waals surface area contributed by atoms with E-state index in [4.69, 9.17) is 49.6 Å². The molecule has 2 atom stereocenters. The standard InChI is InChI=1S/C14H17Cl2NO3S/c1-8(21)19-12(5-10-7-18-14(2,3)20-10)9-4-11(15)13(16)17-6-9/h4,6,10,12H,5,7H2,1-3H3/t10-,12?/m0/s1. The zero-order valence-electron chi connectivity index (χ0n) is 12.1. The molecule has 4 nitrogen and oxygen atoms in total. The average Bonchev–Trinajstić information content (AvgIpc) is 2.71. The number of halogens is 2. The minimum absolute atomic E-state index is 0.0752. The van der Waals surface area contributed by atoms with Crippen LogP contribution in [0.3, 0.4) is 0 Å². The highest BCUT2D eigenvalue weighted by atomic mass is 35.5. The quantitative estimate of drug-likeness (QED) is 0.597. The summed E-state index contributed by atoms with van der Waals surface area (Å²) in [5.41, 5.74) is 0.807. The number of thiocarbonyl (C=S) groups is 1. The van der Waals surface area contributed by atoms with Crippen molar-refractivity contribution >= 4 is 40.5 Å². The Bertz CT molecular complexity index is 539. The molecule has 0 N–H and O–H groups in total. The fourth-order valence-corrected chi connectivity index (χ4v) is 2.58. The van der Waals surface area contributed by atoms with Gasteiger partial charge in [0.15, 0.2) is 10.8 Å². The Morgan fingerprint density at radius 2 is 2.29 bits per heavy atom. The number of aromatic nitrogens is 1. The van der Waals surface area contributed by atoms with Gasteiger partial charge in [0.05, 0.1) is 17.7 Å². The Balaban J connectivity index is 2.14. The summed E-state index contributed by atoms with van der Waals surface area (Å²) in [4.78, 5) is 4.05. The van der Waals surface area contributed by atoms with E-state index in [2.05, 4.69) is 4.98 Å². The minimum Gasteiger partial charge on any atom is -0.479 e. The minimum atomic E-state index is -0.572. The lowest BCUT2D eigenvalue weighted by Gasteiger charge is -2.22. The molecule has 1 unspecified atom stereocenters. The molecular formula is C14H17Cl2NO3S. The van der Waals surface area contributed by atoms with Crippen molar-refractivity contribution in [2.24, 2.45) is 0 Å². The molecule has 1 aliphatic heterocycles. The molecule has 2 rings (SSSR count). The van der Waals surface area contributed by atoms with Crippen LogP contribution in [0, 0.1) is 0 Å². The molecule has 1 fully saturated rings. The maximum absolute atomic E-state index is 6.02. The third kappa shape index (κ3) is 4.76. The van der Waals surface area contributed by atoms with E-state index in [1.807, 2.05) is 13.8 Å². The monoisotopic (exact) mass is 349 g/mol. The lowest BCUT2D eigenvalue weighted by atomic mass is 10.1. The Morgan fingerprint density at radius 3 is 2.81 bits per heavy atom. The van der Waals surface area contributed by atoms with Crippen LogP contribution in [0.25, 0.3) is 0 Å². The fraction of sp³-hybridized carbons (Fsp3) is 0.571. The van der Waals surface area contributed by atoms with Crippen LogP contribution in [0.2, 0.25) is 10.2 Å². The molecule has 0 aromatic carbocycles. The van der Waals surface area contributed by atoms with Crippen molar-refractivity contribution in [1.82, 2.24) is 4.98 Å². The summed E-state index contributed by atoms with van der Waals surface area (Å²) in [5, 5.41) is 1.10. The second-order valence-electron chi connectivity index (χ2n) is 5.33. The molecule has 0 spiro atoms. The van der Waals surface area contributed by atoms with Crippen LogP contribution >= 0.6 is 35.4 Å². The molecule has 1 aromatic heterocycles. The Labute approximate surface area is 139 Å². The third-order valence-corrected chi connectivity index (χ3v) is 3.82. The Kier molecular flexibility index (Phi) is 5.43. The van der Waals surface area contributed by atoms with E-state index in [-0.39, 0.29) is 17.4 Å². The summed E-state index contributed by atoms with van der Waals surface area (Å²) in [7, 11) is 0. The van der Waals surface area contributed by atoms with Gasteiger partial charge in [-0.25, -0.2) is 4.98 Å². The van der Waals surface area contributed by atoms with Gasteiger partial charge in [-0.2, -0.15) is 0 Å². The van der Waals surface area contributed by atoms with Crippen molar-refractivity contribution in [2.75, 3.05) is 6.61 Å². The lowest BCUT2D eigenvalue weighted by Crippen LogP contribution is -2.23. The average molecular weight is 350 g/mol. The highest BCUT2D eigenvalue weighted by Gasteiger charge is 2.35. The molecule has 0 radical (unpaired) electrons. The van der Waals surface area contributed by atoms with Gasteiger partial charge in [0.25, 0.3) is 0 Å². The van der Waals surface area contributed by atoms with Crippen LogP contribution in [0.5, 0.6) is 0 Å². The van der Waals surface area contributed by atoms with Gasteiger partial charge in [-0.1, -0.05) is 23.2 Å². The Hall–Kier alpha value is -0.460. The van der Waals surface area contributed by atoms with Crippen LogP contribution in [-0.4, -0.2) is 28.5 Å². The lowest BCUT2D eigenvalue weighted by molar-refractivity contribution is -0.141. The first kappa shape index (κ1) is 16.9. The highest BCUT2D eigenvalue weighted by Crippen LogP contribution is 2.32. The van der Waals surface area contributed by atoms with Crippen molar-refractivity contribution < 1.29 is 14.2 Å². The zero-order chi connectivity index (χ0) is 15.6. The van der Waals surface area contributed by atoms with Gasteiger partial charge < -0.3 is 14.2 Å². The number of hydrogen-bond donors (Lipinski definition) is 0. The maximum atomic E-state index is 6.02. The van der Waals surface area contributed by atoms with E-state index in [0.717, 1.165) is 5.56 Å². The van der Waals surface area contributed by atoms with E-state index in [1.54, 1.807) is 19.2 Å². The van der Waals surface area contributed by atoms with Gasteiger partial charge in [-0.05, 0) is 32.1 Å². The van der Waals surface area contributed by atoms with E-state index >= 15 is 0 Å². The summed E-state index contributed by atoms with van der Waals surface area (Å²) in [6, 6.07) is 1.74. The van der Waals surface area contributed by atoms with Crippen molar-refractivity contribution in [3.63, 3.8) is 0 Å². The second kappa shape index (κ2) is 6.75. The van der Waals surface area contributed by atoms with Gasteiger partial charge in [0.1, 0.15) is 11.3 Å². The molecule has 1 saturated heterocycles.